The molecule has 0 saturated heterocycles. The molecular formula is C14H15ClN2O5. The summed E-state index contributed by atoms with van der Waals surface area (Å²) in [5.41, 5.74) is 0.804. The van der Waals surface area contributed by atoms with E-state index in [4.69, 9.17) is 16.3 Å². The van der Waals surface area contributed by atoms with Gasteiger partial charge in [0.05, 0.1) is 24.1 Å². The zero-order chi connectivity index (χ0) is 16.3. The van der Waals surface area contributed by atoms with Crippen LogP contribution in [0.2, 0.25) is 0 Å². The number of aromatic hydroxyl groups is 2. The number of rotatable bonds is 4. The van der Waals surface area contributed by atoms with E-state index >= 15 is 0 Å². The van der Waals surface area contributed by atoms with Gasteiger partial charge < -0.3 is 25.6 Å². The van der Waals surface area contributed by atoms with Crippen molar-refractivity contribution < 1.29 is 24.5 Å². The smallest absolute Gasteiger partial charge is 0.338 e. The average Bonchev–Trinajstić information content (AvgIpc) is 2.49. The van der Waals surface area contributed by atoms with Crippen LogP contribution in [0.1, 0.15) is 18.5 Å². The van der Waals surface area contributed by atoms with Crippen LogP contribution in [-0.4, -0.2) is 34.7 Å². The van der Waals surface area contributed by atoms with Crippen LogP contribution in [0.25, 0.3) is 0 Å². The molecule has 1 aliphatic heterocycles. The molecule has 2 amide bonds. The number of phenolic OH excluding ortho intramolecular Hbond substituents is 2. The van der Waals surface area contributed by atoms with Gasteiger partial charge in [0.15, 0.2) is 11.5 Å². The molecule has 0 fully saturated rings. The Morgan fingerprint density at radius 1 is 1.36 bits per heavy atom. The number of phenols is 2. The Kier molecular flexibility index (Phi) is 4.77. The minimum absolute atomic E-state index is 0.0812. The Morgan fingerprint density at radius 3 is 2.68 bits per heavy atom. The van der Waals surface area contributed by atoms with Crippen molar-refractivity contribution in [3.8, 4) is 11.5 Å². The highest BCUT2D eigenvalue weighted by Gasteiger charge is 2.33. The number of allylic oxidation sites excluding steroid dienone is 1. The van der Waals surface area contributed by atoms with Gasteiger partial charge in [-0.05, 0) is 24.6 Å². The Bertz CT molecular complexity index is 644. The number of nitrogens with one attached hydrogen (secondary N) is 2. The third kappa shape index (κ3) is 3.09. The van der Waals surface area contributed by atoms with E-state index in [1.807, 2.05) is 0 Å². The lowest BCUT2D eigenvalue weighted by Gasteiger charge is -2.28. The predicted molar refractivity (Wildman–Crippen MR) is 78.6 cm³/mol. The fourth-order valence-electron chi connectivity index (χ4n) is 2.14. The molecule has 0 saturated carbocycles. The first kappa shape index (κ1) is 16.0. The maximum absolute atomic E-state index is 12.2. The SMILES string of the molecule is CCOC(=O)C1=C(CCl)NC(=O)N[C@H]1c1ccc(O)c(O)c1. The number of esters is 1. The third-order valence-electron chi connectivity index (χ3n) is 3.12. The lowest BCUT2D eigenvalue weighted by atomic mass is 9.95. The normalized spacial score (nSPS) is 17.7. The van der Waals surface area contributed by atoms with Gasteiger partial charge in [0.1, 0.15) is 0 Å². The first-order valence-electron chi connectivity index (χ1n) is 6.53. The molecule has 1 heterocycles. The maximum atomic E-state index is 12.2. The molecule has 0 aliphatic carbocycles. The van der Waals surface area contributed by atoms with Crippen molar-refractivity contribution in [1.82, 2.24) is 10.6 Å². The number of halogens is 1. The Labute approximate surface area is 131 Å². The highest BCUT2D eigenvalue weighted by molar-refractivity contribution is 6.20. The summed E-state index contributed by atoms with van der Waals surface area (Å²) in [6.45, 7) is 1.83. The Balaban J connectivity index is 2.51. The van der Waals surface area contributed by atoms with Gasteiger partial charge in [-0.2, -0.15) is 0 Å². The highest BCUT2D eigenvalue weighted by Crippen LogP contribution is 2.33. The number of benzene rings is 1. The van der Waals surface area contributed by atoms with Gasteiger partial charge in [-0.1, -0.05) is 6.07 Å². The van der Waals surface area contributed by atoms with Crippen LogP contribution in [0, 0.1) is 0 Å². The fraction of sp³-hybridized carbons (Fsp3) is 0.286. The van der Waals surface area contributed by atoms with Crippen LogP contribution >= 0.6 is 11.6 Å². The van der Waals surface area contributed by atoms with E-state index < -0.39 is 18.0 Å². The lowest BCUT2D eigenvalue weighted by Crippen LogP contribution is -2.46. The molecular weight excluding hydrogens is 312 g/mol. The molecule has 1 aromatic carbocycles. The van der Waals surface area contributed by atoms with Crippen molar-refractivity contribution in [2.45, 2.75) is 13.0 Å². The lowest BCUT2D eigenvalue weighted by molar-refractivity contribution is -0.139. The Hall–Kier alpha value is -2.41. The maximum Gasteiger partial charge on any atom is 0.338 e. The molecule has 0 spiro atoms. The molecule has 1 aromatic rings. The largest absolute Gasteiger partial charge is 0.504 e. The number of carbonyl (C=O) groups is 2. The number of ether oxygens (including phenoxy) is 1. The Morgan fingerprint density at radius 2 is 2.09 bits per heavy atom. The van der Waals surface area contributed by atoms with Crippen LogP contribution in [0.3, 0.4) is 0 Å². The van der Waals surface area contributed by atoms with Crippen molar-refractivity contribution in [2.75, 3.05) is 12.5 Å². The summed E-state index contributed by atoms with van der Waals surface area (Å²) in [7, 11) is 0. The summed E-state index contributed by atoms with van der Waals surface area (Å²) in [4.78, 5) is 23.9. The summed E-state index contributed by atoms with van der Waals surface area (Å²) in [6, 6.07) is 2.64. The minimum Gasteiger partial charge on any atom is -0.504 e. The molecule has 0 aromatic heterocycles. The molecule has 2 rings (SSSR count). The molecule has 4 N–H and O–H groups in total. The van der Waals surface area contributed by atoms with E-state index in [0.717, 1.165) is 0 Å². The number of urea groups is 1. The van der Waals surface area contributed by atoms with Crippen molar-refractivity contribution in [3.05, 3.63) is 35.0 Å². The second-order valence-electron chi connectivity index (χ2n) is 4.53. The zero-order valence-corrected chi connectivity index (χ0v) is 12.5. The molecule has 118 valence electrons. The average molecular weight is 327 g/mol. The van der Waals surface area contributed by atoms with Crippen LogP contribution in [0.4, 0.5) is 4.79 Å². The molecule has 1 atom stereocenters. The number of hydrogen-bond acceptors (Lipinski definition) is 5. The molecule has 7 nitrogen and oxygen atoms in total. The van der Waals surface area contributed by atoms with Gasteiger partial charge in [0.2, 0.25) is 0 Å². The highest BCUT2D eigenvalue weighted by atomic mass is 35.5. The summed E-state index contributed by atoms with van der Waals surface area (Å²) in [6.07, 6.45) is 0. The summed E-state index contributed by atoms with van der Waals surface area (Å²) in [5.74, 6) is -1.37. The van der Waals surface area contributed by atoms with Crippen LogP contribution in [-0.2, 0) is 9.53 Å². The molecule has 0 radical (unpaired) electrons. The van der Waals surface area contributed by atoms with E-state index in [0.29, 0.717) is 5.56 Å². The fourth-order valence-corrected chi connectivity index (χ4v) is 2.35. The van der Waals surface area contributed by atoms with Crippen molar-refractivity contribution >= 4 is 23.6 Å². The molecule has 0 unspecified atom stereocenters. The van der Waals surface area contributed by atoms with Gasteiger partial charge in [-0.25, -0.2) is 9.59 Å². The van der Waals surface area contributed by atoms with Gasteiger partial charge >= 0.3 is 12.0 Å². The van der Waals surface area contributed by atoms with E-state index in [-0.39, 0.29) is 35.3 Å². The standard InChI is InChI=1S/C14H15ClN2O5/c1-2-22-13(20)11-8(6-15)16-14(21)17-12(11)7-3-4-9(18)10(19)5-7/h3-5,12,18-19H,2,6H2,1H3,(H2,16,17,21)/t12-/m0/s1. The van der Waals surface area contributed by atoms with Crippen molar-refractivity contribution in [1.29, 1.82) is 0 Å². The zero-order valence-electron chi connectivity index (χ0n) is 11.7. The van der Waals surface area contributed by atoms with E-state index in [9.17, 15) is 19.8 Å². The second-order valence-corrected chi connectivity index (χ2v) is 4.79. The number of amides is 2. The molecule has 1 aliphatic rings. The van der Waals surface area contributed by atoms with Crippen LogP contribution in [0.5, 0.6) is 11.5 Å². The van der Waals surface area contributed by atoms with Gasteiger partial charge in [0, 0.05) is 5.70 Å². The second kappa shape index (κ2) is 6.57. The quantitative estimate of drug-likeness (QED) is 0.381. The predicted octanol–water partition coefficient (Wildman–Crippen LogP) is 1.51. The van der Waals surface area contributed by atoms with E-state index in [2.05, 4.69) is 10.6 Å². The molecule has 22 heavy (non-hydrogen) atoms. The van der Waals surface area contributed by atoms with E-state index in [1.165, 1.54) is 18.2 Å². The number of hydrogen-bond donors (Lipinski definition) is 4. The first-order valence-corrected chi connectivity index (χ1v) is 7.06. The summed E-state index contributed by atoms with van der Waals surface area (Å²) in [5, 5.41) is 24.0. The van der Waals surface area contributed by atoms with Gasteiger partial charge in [0.25, 0.3) is 0 Å². The topological polar surface area (TPSA) is 108 Å². The van der Waals surface area contributed by atoms with Gasteiger partial charge in [-0.15, -0.1) is 11.6 Å². The summed E-state index contributed by atoms with van der Waals surface area (Å²) < 4.78 is 5.00. The van der Waals surface area contributed by atoms with E-state index in [1.54, 1.807) is 6.92 Å². The first-order chi connectivity index (χ1) is 10.5. The van der Waals surface area contributed by atoms with Crippen LogP contribution in [0.15, 0.2) is 29.5 Å². The van der Waals surface area contributed by atoms with Gasteiger partial charge in [-0.3, -0.25) is 0 Å². The third-order valence-corrected chi connectivity index (χ3v) is 3.38. The van der Waals surface area contributed by atoms with Crippen LogP contribution < -0.4 is 10.6 Å². The minimum atomic E-state index is -0.840. The monoisotopic (exact) mass is 326 g/mol. The van der Waals surface area contributed by atoms with Crippen molar-refractivity contribution in [3.63, 3.8) is 0 Å². The van der Waals surface area contributed by atoms with Crippen molar-refractivity contribution in [2.24, 2.45) is 0 Å². The molecule has 8 heteroatoms. The number of alkyl halides is 1. The number of carbonyl (C=O) groups excluding carboxylic acids is 2. The molecule has 0 bridgehead atoms. The summed E-state index contributed by atoms with van der Waals surface area (Å²) >= 11 is 5.80.